The van der Waals surface area contributed by atoms with Crippen LogP contribution >= 0.6 is 11.3 Å². The lowest BCUT2D eigenvalue weighted by Gasteiger charge is -2.19. The van der Waals surface area contributed by atoms with E-state index in [0.29, 0.717) is 37.9 Å². The number of carbonyl (C=O) groups is 2. The van der Waals surface area contributed by atoms with E-state index in [0.717, 1.165) is 11.3 Å². The van der Waals surface area contributed by atoms with Crippen LogP contribution in [-0.4, -0.2) is 45.3 Å². The van der Waals surface area contributed by atoms with Gasteiger partial charge in [0.15, 0.2) is 11.4 Å². The monoisotopic (exact) mass is 479 g/mol. The molecule has 174 valence electrons. The van der Waals surface area contributed by atoms with Gasteiger partial charge in [-0.3, -0.25) is 19.3 Å². The van der Waals surface area contributed by atoms with Crippen molar-refractivity contribution in [3.05, 3.63) is 58.5 Å². The first-order valence-corrected chi connectivity index (χ1v) is 11.6. The summed E-state index contributed by atoms with van der Waals surface area (Å²) in [6.07, 6.45) is 4.24. The number of carboxylic acids is 1. The number of pyridine rings is 2. The number of aromatic hydroxyl groups is 1. The Morgan fingerprint density at radius 3 is 2.71 bits per heavy atom. The molecular weight excluding hydrogens is 458 g/mol. The van der Waals surface area contributed by atoms with E-state index in [2.05, 4.69) is 4.98 Å². The number of anilines is 1. The van der Waals surface area contributed by atoms with Gasteiger partial charge >= 0.3 is 5.97 Å². The van der Waals surface area contributed by atoms with Crippen LogP contribution in [0.4, 0.5) is 5.69 Å². The predicted octanol–water partition coefficient (Wildman–Crippen LogP) is 3.20. The van der Waals surface area contributed by atoms with E-state index in [9.17, 15) is 24.6 Å². The highest BCUT2D eigenvalue weighted by atomic mass is 32.1. The Balaban J connectivity index is 1.63. The summed E-state index contributed by atoms with van der Waals surface area (Å²) in [5.74, 6) is -0.360. The first-order chi connectivity index (χ1) is 16.5. The summed E-state index contributed by atoms with van der Waals surface area (Å²) in [4.78, 5) is 42.1. The number of hydrogen-bond donors (Lipinski definition) is 2. The van der Waals surface area contributed by atoms with E-state index in [4.69, 9.17) is 4.74 Å². The number of rotatable bonds is 9. The Morgan fingerprint density at radius 1 is 1.26 bits per heavy atom. The molecule has 1 saturated carbocycles. The molecule has 0 bridgehead atoms. The van der Waals surface area contributed by atoms with Crippen LogP contribution < -0.4 is 15.2 Å². The van der Waals surface area contributed by atoms with Crippen LogP contribution in [-0.2, 0) is 16.1 Å². The number of benzene rings is 1. The number of fused-ring (bicyclic) bond motifs is 3. The van der Waals surface area contributed by atoms with Gasteiger partial charge in [-0.15, -0.1) is 11.3 Å². The van der Waals surface area contributed by atoms with E-state index in [1.54, 1.807) is 18.3 Å². The smallest absolute Gasteiger partial charge is 0.323 e. The van der Waals surface area contributed by atoms with Gasteiger partial charge in [0.1, 0.15) is 17.1 Å². The molecule has 1 fully saturated rings. The normalized spacial score (nSPS) is 13.3. The number of aromatic nitrogens is 2. The summed E-state index contributed by atoms with van der Waals surface area (Å²) < 4.78 is 7.58. The number of hydrogen-bond acceptors (Lipinski definition) is 7. The van der Waals surface area contributed by atoms with Gasteiger partial charge in [0.2, 0.25) is 6.41 Å². The van der Waals surface area contributed by atoms with Gasteiger partial charge in [-0.25, -0.2) is 4.98 Å². The molecule has 0 saturated heterocycles. The van der Waals surface area contributed by atoms with Crippen LogP contribution in [0, 0.1) is 5.92 Å². The molecule has 5 rings (SSSR count). The molecule has 0 spiro atoms. The molecule has 34 heavy (non-hydrogen) atoms. The molecule has 3 heterocycles. The lowest BCUT2D eigenvalue weighted by Crippen LogP contribution is -2.35. The number of amides is 1. The van der Waals surface area contributed by atoms with Gasteiger partial charge in [-0.1, -0.05) is 12.1 Å². The standard InChI is InChI=1S/C24H21N3O6S/c28-13-26(11-18(29)30)20-21(31)22-19(17-2-1-9-25-23(17)34-22)27(24(20)32)10-14-5-7-16(8-6-14)33-12-15-3-4-15/h1-2,5-9,13,15,31H,3-4,10-12H2,(H,29,30). The Morgan fingerprint density at radius 2 is 2.03 bits per heavy atom. The van der Waals surface area contributed by atoms with Gasteiger partial charge in [-0.05, 0) is 48.6 Å². The zero-order valence-corrected chi connectivity index (χ0v) is 18.8. The predicted molar refractivity (Wildman–Crippen MR) is 128 cm³/mol. The van der Waals surface area contributed by atoms with Crippen molar-refractivity contribution in [2.24, 2.45) is 5.92 Å². The maximum Gasteiger partial charge on any atom is 0.323 e. The number of carbonyl (C=O) groups excluding carboxylic acids is 1. The molecule has 4 aromatic rings. The molecule has 1 aliphatic rings. The van der Waals surface area contributed by atoms with Crippen LogP contribution in [0.5, 0.6) is 11.5 Å². The first kappa shape index (κ1) is 21.9. The van der Waals surface area contributed by atoms with Crippen LogP contribution in [0.2, 0.25) is 0 Å². The zero-order valence-electron chi connectivity index (χ0n) is 18.0. The average molecular weight is 480 g/mol. The molecule has 2 N–H and O–H groups in total. The number of carboxylic acid groups (broad SMARTS) is 1. The lowest BCUT2D eigenvalue weighted by molar-refractivity contribution is -0.136. The van der Waals surface area contributed by atoms with Crippen LogP contribution in [0.15, 0.2) is 47.4 Å². The summed E-state index contributed by atoms with van der Waals surface area (Å²) in [5.41, 5.74) is 0.240. The number of aliphatic carboxylic acids is 1. The molecule has 3 aromatic heterocycles. The maximum absolute atomic E-state index is 13.6. The van der Waals surface area contributed by atoms with E-state index < -0.39 is 23.8 Å². The Bertz CT molecular complexity index is 1460. The van der Waals surface area contributed by atoms with Gasteiger partial charge in [0.05, 0.1) is 23.4 Å². The van der Waals surface area contributed by atoms with Crippen molar-refractivity contribution in [3.8, 4) is 11.5 Å². The quantitative estimate of drug-likeness (QED) is 0.354. The van der Waals surface area contributed by atoms with Crippen LogP contribution in [0.25, 0.3) is 20.4 Å². The number of nitrogens with zero attached hydrogens (tertiary/aromatic N) is 3. The molecule has 0 atom stereocenters. The second-order valence-electron chi connectivity index (χ2n) is 8.25. The topological polar surface area (TPSA) is 122 Å². The Hall–Kier alpha value is -3.92. The van der Waals surface area contributed by atoms with Crippen molar-refractivity contribution in [2.75, 3.05) is 18.1 Å². The van der Waals surface area contributed by atoms with Crippen LogP contribution in [0.1, 0.15) is 18.4 Å². The van der Waals surface area contributed by atoms with Crippen molar-refractivity contribution in [1.82, 2.24) is 9.55 Å². The lowest BCUT2D eigenvalue weighted by atomic mass is 10.2. The minimum Gasteiger partial charge on any atom is -0.504 e. The molecule has 0 unspecified atom stereocenters. The minimum atomic E-state index is -1.31. The van der Waals surface area contributed by atoms with Crippen molar-refractivity contribution in [1.29, 1.82) is 0 Å². The van der Waals surface area contributed by atoms with Crippen molar-refractivity contribution < 1.29 is 24.5 Å². The van der Waals surface area contributed by atoms with Crippen LogP contribution in [0.3, 0.4) is 0 Å². The Kier molecular flexibility index (Phi) is 5.66. The third kappa shape index (κ3) is 4.08. The maximum atomic E-state index is 13.6. The zero-order chi connectivity index (χ0) is 23.8. The van der Waals surface area contributed by atoms with E-state index in [1.165, 1.54) is 28.7 Å². The fraction of sp³-hybridized carbons (Fsp3) is 0.250. The highest BCUT2D eigenvalue weighted by Crippen LogP contribution is 2.41. The van der Waals surface area contributed by atoms with Gasteiger partial charge < -0.3 is 19.5 Å². The summed E-state index contributed by atoms with van der Waals surface area (Å²) in [6, 6.07) is 10.9. The third-order valence-corrected chi connectivity index (χ3v) is 6.87. The van der Waals surface area contributed by atoms with E-state index >= 15 is 0 Å². The van der Waals surface area contributed by atoms with E-state index in [-0.39, 0.29) is 18.6 Å². The molecule has 9 nitrogen and oxygen atoms in total. The summed E-state index contributed by atoms with van der Waals surface area (Å²) in [7, 11) is 0. The fourth-order valence-electron chi connectivity index (χ4n) is 3.88. The second kappa shape index (κ2) is 8.79. The summed E-state index contributed by atoms with van der Waals surface area (Å²) >= 11 is 1.17. The van der Waals surface area contributed by atoms with Gasteiger partial charge in [-0.2, -0.15) is 0 Å². The summed E-state index contributed by atoms with van der Waals surface area (Å²) in [5, 5.41) is 20.8. The number of thiophene rings is 1. The van der Waals surface area contributed by atoms with Crippen molar-refractivity contribution >= 4 is 49.8 Å². The first-order valence-electron chi connectivity index (χ1n) is 10.7. The molecule has 0 aliphatic heterocycles. The number of ether oxygens (including phenoxy) is 1. The highest BCUT2D eigenvalue weighted by Gasteiger charge is 2.26. The molecule has 0 radical (unpaired) electrons. The second-order valence-corrected chi connectivity index (χ2v) is 9.25. The SMILES string of the molecule is O=CN(CC(=O)O)c1c(O)c2sc3ncccc3c2n(Cc2ccc(OCC3CC3)cc2)c1=O. The van der Waals surface area contributed by atoms with Crippen molar-refractivity contribution in [3.63, 3.8) is 0 Å². The average Bonchev–Trinajstić information content (AvgIpc) is 3.58. The largest absolute Gasteiger partial charge is 0.504 e. The Labute approximate surface area is 197 Å². The molecule has 10 heteroatoms. The van der Waals surface area contributed by atoms with Gasteiger partial charge in [0, 0.05) is 11.6 Å². The molecular formula is C24H21N3O6S. The molecule has 1 amide bonds. The molecule has 1 aromatic carbocycles. The highest BCUT2D eigenvalue weighted by molar-refractivity contribution is 7.25. The summed E-state index contributed by atoms with van der Waals surface area (Å²) in [6.45, 7) is 0.0831. The third-order valence-electron chi connectivity index (χ3n) is 5.76. The minimum absolute atomic E-state index is 0.145. The van der Waals surface area contributed by atoms with Gasteiger partial charge in [0.25, 0.3) is 5.56 Å². The van der Waals surface area contributed by atoms with Crippen molar-refractivity contribution in [2.45, 2.75) is 19.4 Å². The fourth-order valence-corrected chi connectivity index (χ4v) is 4.97. The molecule has 1 aliphatic carbocycles. The van der Waals surface area contributed by atoms with E-state index in [1.807, 2.05) is 24.3 Å².